The van der Waals surface area contributed by atoms with Crippen molar-refractivity contribution in [3.05, 3.63) is 35.4 Å². The molecule has 0 spiro atoms. The minimum atomic E-state index is 0.167. The van der Waals surface area contributed by atoms with E-state index >= 15 is 0 Å². The summed E-state index contributed by atoms with van der Waals surface area (Å²) in [7, 11) is 5.75. The molecule has 1 atom stereocenters. The third-order valence-electron chi connectivity index (χ3n) is 2.26. The summed E-state index contributed by atoms with van der Waals surface area (Å²) < 4.78 is 0. The Morgan fingerprint density at radius 1 is 1.33 bits per heavy atom. The lowest BCUT2D eigenvalue weighted by atomic mass is 9.98. The molecule has 0 aliphatic carbocycles. The van der Waals surface area contributed by atoms with Crippen molar-refractivity contribution in [1.29, 1.82) is 0 Å². The van der Waals surface area contributed by atoms with E-state index in [4.69, 9.17) is 7.98 Å². The van der Waals surface area contributed by atoms with Gasteiger partial charge in [0.15, 0.2) is 7.98 Å². The van der Waals surface area contributed by atoms with E-state index in [2.05, 4.69) is 30.8 Å². The van der Waals surface area contributed by atoms with Crippen LogP contribution in [0.4, 0.5) is 0 Å². The third-order valence-corrected chi connectivity index (χ3v) is 2.74. The Kier molecular flexibility index (Phi) is 2.15. The van der Waals surface area contributed by atoms with E-state index < -0.39 is 0 Å². The second kappa shape index (κ2) is 3.15. The lowest BCUT2D eigenvalue weighted by molar-refractivity contribution is 0.398. The number of fused-ring (bicyclic) bond motifs is 1. The monoisotopic (exact) mass is 175 g/mol. The molecule has 0 N–H and O–H groups in total. The first-order valence-corrected chi connectivity index (χ1v) is 4.55. The molecule has 2 rings (SSSR count). The van der Waals surface area contributed by atoms with Gasteiger partial charge in [-0.15, -0.1) is 0 Å². The minimum Gasteiger partial charge on any atom is -0.339 e. The number of benzene rings is 1. The van der Waals surface area contributed by atoms with Crippen molar-refractivity contribution in [2.45, 2.75) is 18.3 Å². The average molecular weight is 175 g/mol. The van der Waals surface area contributed by atoms with Gasteiger partial charge in [-0.2, -0.15) is 12.6 Å². The van der Waals surface area contributed by atoms with E-state index in [0.717, 1.165) is 13.0 Å². The van der Waals surface area contributed by atoms with Crippen molar-refractivity contribution in [2.24, 2.45) is 0 Å². The van der Waals surface area contributed by atoms with Gasteiger partial charge in [-0.05, 0) is 17.5 Å². The van der Waals surface area contributed by atoms with Gasteiger partial charge in [0.2, 0.25) is 0 Å². The largest absolute Gasteiger partial charge is 0.339 e. The molecule has 1 aromatic rings. The molecule has 0 fully saturated rings. The van der Waals surface area contributed by atoms with E-state index in [0.29, 0.717) is 0 Å². The SMILES string of the molecule is [B]N1Cc2ccccc2CC1S. The molecule has 0 amide bonds. The van der Waals surface area contributed by atoms with Gasteiger partial charge in [0.1, 0.15) is 0 Å². The molecule has 60 valence electrons. The molecule has 1 nitrogen and oxygen atoms in total. The van der Waals surface area contributed by atoms with Crippen LogP contribution in [-0.4, -0.2) is 18.2 Å². The number of hydrogen-bond acceptors (Lipinski definition) is 2. The van der Waals surface area contributed by atoms with E-state index in [1.807, 2.05) is 6.07 Å². The first-order valence-electron chi connectivity index (χ1n) is 4.03. The lowest BCUT2D eigenvalue weighted by Crippen LogP contribution is -2.34. The van der Waals surface area contributed by atoms with Gasteiger partial charge in [0, 0.05) is 11.9 Å². The molecule has 0 aromatic heterocycles. The van der Waals surface area contributed by atoms with E-state index in [1.54, 1.807) is 4.81 Å². The smallest absolute Gasteiger partial charge is 0.184 e. The Balaban J connectivity index is 2.34. The molecular weight excluding hydrogens is 165 g/mol. The Morgan fingerprint density at radius 3 is 2.75 bits per heavy atom. The molecule has 0 saturated carbocycles. The van der Waals surface area contributed by atoms with Crippen LogP contribution in [0.1, 0.15) is 11.1 Å². The molecule has 2 radical (unpaired) electrons. The maximum atomic E-state index is 5.75. The van der Waals surface area contributed by atoms with Gasteiger partial charge in [-0.1, -0.05) is 24.3 Å². The van der Waals surface area contributed by atoms with Crippen molar-refractivity contribution in [1.82, 2.24) is 4.81 Å². The first kappa shape index (κ1) is 8.20. The van der Waals surface area contributed by atoms with Crippen LogP contribution in [0.5, 0.6) is 0 Å². The summed E-state index contributed by atoms with van der Waals surface area (Å²) in [5.74, 6) is 0. The van der Waals surface area contributed by atoms with Crippen molar-refractivity contribution in [3.63, 3.8) is 0 Å². The molecule has 3 heteroatoms. The predicted molar refractivity (Wildman–Crippen MR) is 54.2 cm³/mol. The van der Waals surface area contributed by atoms with Crippen molar-refractivity contribution >= 4 is 20.6 Å². The number of hydrogen-bond donors (Lipinski definition) is 1. The van der Waals surface area contributed by atoms with Crippen LogP contribution >= 0.6 is 12.6 Å². The lowest BCUT2D eigenvalue weighted by Gasteiger charge is -2.31. The molecule has 1 aliphatic heterocycles. The maximum absolute atomic E-state index is 5.75. The second-order valence-corrected chi connectivity index (χ2v) is 3.72. The van der Waals surface area contributed by atoms with Crippen LogP contribution in [0.2, 0.25) is 0 Å². The number of thiol groups is 1. The summed E-state index contributed by atoms with van der Waals surface area (Å²) in [6.45, 7) is 0.810. The predicted octanol–water partition coefficient (Wildman–Crippen LogP) is 1.38. The summed E-state index contributed by atoms with van der Waals surface area (Å²) in [5, 5.41) is 0.167. The average Bonchev–Trinajstić information content (AvgIpc) is 2.07. The second-order valence-electron chi connectivity index (χ2n) is 3.13. The highest BCUT2D eigenvalue weighted by Gasteiger charge is 2.18. The highest BCUT2D eigenvalue weighted by Crippen LogP contribution is 2.22. The van der Waals surface area contributed by atoms with E-state index in [-0.39, 0.29) is 5.37 Å². The van der Waals surface area contributed by atoms with Gasteiger partial charge < -0.3 is 4.81 Å². The summed E-state index contributed by atoms with van der Waals surface area (Å²) in [6.07, 6.45) is 0.940. The zero-order valence-corrected chi connectivity index (χ0v) is 7.67. The molecule has 1 aromatic carbocycles. The van der Waals surface area contributed by atoms with Crippen LogP contribution < -0.4 is 0 Å². The van der Waals surface area contributed by atoms with Gasteiger partial charge >= 0.3 is 0 Å². The molecule has 0 bridgehead atoms. The fourth-order valence-electron chi connectivity index (χ4n) is 1.53. The van der Waals surface area contributed by atoms with Crippen molar-refractivity contribution in [3.8, 4) is 0 Å². The van der Waals surface area contributed by atoms with Crippen LogP contribution in [-0.2, 0) is 13.0 Å². The zero-order valence-electron chi connectivity index (χ0n) is 6.77. The maximum Gasteiger partial charge on any atom is 0.184 e. The fourth-order valence-corrected chi connectivity index (χ4v) is 1.81. The molecule has 0 saturated heterocycles. The van der Waals surface area contributed by atoms with Gasteiger partial charge in [-0.3, -0.25) is 0 Å². The van der Waals surface area contributed by atoms with Crippen LogP contribution in [0.3, 0.4) is 0 Å². The summed E-state index contributed by atoms with van der Waals surface area (Å²) >= 11 is 4.38. The molecule has 1 unspecified atom stereocenters. The number of nitrogens with zero attached hydrogens (tertiary/aromatic N) is 1. The zero-order chi connectivity index (χ0) is 8.55. The summed E-state index contributed by atoms with van der Waals surface area (Å²) in [5.41, 5.74) is 2.70. The van der Waals surface area contributed by atoms with Gasteiger partial charge in [-0.25, -0.2) is 0 Å². The van der Waals surface area contributed by atoms with Crippen LogP contribution in [0.25, 0.3) is 0 Å². The standard InChI is InChI=1S/C9H10BNS/c10-11-6-8-4-2-1-3-7(8)5-9(11)12/h1-4,9,12H,5-6H2. The van der Waals surface area contributed by atoms with Crippen molar-refractivity contribution in [2.75, 3.05) is 0 Å². The Hall–Kier alpha value is -0.405. The van der Waals surface area contributed by atoms with Gasteiger partial charge in [0.05, 0.1) is 0 Å². The summed E-state index contributed by atoms with van der Waals surface area (Å²) in [6, 6.07) is 8.37. The molecule has 1 aliphatic rings. The number of rotatable bonds is 0. The normalized spacial score (nSPS) is 23.6. The molecule has 12 heavy (non-hydrogen) atoms. The van der Waals surface area contributed by atoms with E-state index in [9.17, 15) is 0 Å². The summed E-state index contributed by atoms with van der Waals surface area (Å²) in [4.78, 5) is 1.77. The Labute approximate surface area is 79.6 Å². The van der Waals surface area contributed by atoms with Crippen molar-refractivity contribution < 1.29 is 0 Å². The minimum absolute atomic E-state index is 0.167. The Bertz CT molecular complexity index is 261. The quantitative estimate of drug-likeness (QED) is 0.460. The fraction of sp³-hybridized carbons (Fsp3) is 0.333. The molecule has 1 heterocycles. The van der Waals surface area contributed by atoms with E-state index in [1.165, 1.54) is 11.1 Å². The molecular formula is C9H10BNS. The van der Waals surface area contributed by atoms with Crippen LogP contribution in [0.15, 0.2) is 24.3 Å². The first-order chi connectivity index (χ1) is 5.77. The van der Waals surface area contributed by atoms with Gasteiger partial charge in [0.25, 0.3) is 0 Å². The Morgan fingerprint density at radius 2 is 2.00 bits per heavy atom. The topological polar surface area (TPSA) is 3.24 Å². The van der Waals surface area contributed by atoms with Crippen LogP contribution in [0, 0.1) is 0 Å². The highest BCUT2D eigenvalue weighted by atomic mass is 32.1. The third kappa shape index (κ3) is 1.39. The highest BCUT2D eigenvalue weighted by molar-refractivity contribution is 7.80.